The average Bonchev–Trinajstić information content (AvgIpc) is 2.34. The number of rotatable bonds is 7. The molecule has 1 amide bonds. The van der Waals surface area contributed by atoms with Gasteiger partial charge in [-0.3, -0.25) is 9.79 Å². The van der Waals surface area contributed by atoms with Crippen molar-refractivity contribution in [2.75, 3.05) is 26.7 Å². The number of carbonyl (C=O) groups excluding carboxylic acids is 1. The van der Waals surface area contributed by atoms with Crippen molar-refractivity contribution < 1.29 is 9.53 Å². The number of hydrogen-bond acceptors (Lipinski definition) is 3. The van der Waals surface area contributed by atoms with E-state index in [1.807, 2.05) is 6.92 Å². The third-order valence-corrected chi connectivity index (χ3v) is 3.35. The van der Waals surface area contributed by atoms with Crippen LogP contribution in [-0.2, 0) is 9.53 Å². The second-order valence-electron chi connectivity index (χ2n) is 6.91. The molecule has 1 atom stereocenters. The Bertz CT molecular complexity index is 365. The molecule has 0 aromatic carbocycles. The van der Waals surface area contributed by atoms with Gasteiger partial charge in [-0.2, -0.15) is 0 Å². The highest BCUT2D eigenvalue weighted by Crippen LogP contribution is 2.21. The lowest BCUT2D eigenvalue weighted by molar-refractivity contribution is -0.125. The van der Waals surface area contributed by atoms with Crippen LogP contribution in [0.1, 0.15) is 41.5 Å². The SMILES string of the molecule is CCNC(=NCC(C)(C)C(N)=O)NCC(OC)C(C)(C)C.I. The maximum Gasteiger partial charge on any atom is 0.224 e. The molecular formula is C15H33IN4O2. The normalized spacial score (nSPS) is 14.0. The van der Waals surface area contributed by atoms with Crippen LogP contribution in [0.3, 0.4) is 0 Å². The smallest absolute Gasteiger partial charge is 0.224 e. The summed E-state index contributed by atoms with van der Waals surface area (Å²) < 4.78 is 5.51. The van der Waals surface area contributed by atoms with Crippen molar-refractivity contribution in [1.29, 1.82) is 0 Å². The number of hydrogen-bond donors (Lipinski definition) is 3. The fraction of sp³-hybridized carbons (Fsp3) is 0.867. The van der Waals surface area contributed by atoms with E-state index in [0.717, 1.165) is 6.54 Å². The first-order valence-corrected chi connectivity index (χ1v) is 7.39. The van der Waals surface area contributed by atoms with Crippen molar-refractivity contribution in [2.45, 2.75) is 47.6 Å². The van der Waals surface area contributed by atoms with Crippen molar-refractivity contribution in [3.05, 3.63) is 0 Å². The number of nitrogens with one attached hydrogen (secondary N) is 2. The van der Waals surface area contributed by atoms with Crippen molar-refractivity contribution in [1.82, 2.24) is 10.6 Å². The first-order valence-electron chi connectivity index (χ1n) is 7.39. The zero-order valence-corrected chi connectivity index (χ0v) is 17.3. The molecule has 0 aliphatic carbocycles. The third kappa shape index (κ3) is 8.77. The van der Waals surface area contributed by atoms with Crippen LogP contribution >= 0.6 is 24.0 Å². The molecule has 6 nitrogen and oxygen atoms in total. The Labute approximate surface area is 152 Å². The molecule has 0 saturated carbocycles. The second kappa shape index (κ2) is 10.3. The van der Waals surface area contributed by atoms with E-state index in [4.69, 9.17) is 10.5 Å². The molecule has 0 bridgehead atoms. The van der Waals surface area contributed by atoms with Crippen molar-refractivity contribution in [3.8, 4) is 0 Å². The number of halogens is 1. The van der Waals surface area contributed by atoms with Crippen LogP contribution < -0.4 is 16.4 Å². The van der Waals surface area contributed by atoms with Crippen LogP contribution in [0, 0.1) is 10.8 Å². The predicted molar refractivity (Wildman–Crippen MR) is 103 cm³/mol. The molecular weight excluding hydrogens is 395 g/mol. The van der Waals surface area contributed by atoms with Crippen molar-refractivity contribution in [3.63, 3.8) is 0 Å². The summed E-state index contributed by atoms with van der Waals surface area (Å²) in [4.78, 5) is 15.8. The van der Waals surface area contributed by atoms with E-state index >= 15 is 0 Å². The zero-order valence-electron chi connectivity index (χ0n) is 14.9. The fourth-order valence-electron chi connectivity index (χ4n) is 1.63. The molecule has 0 aromatic heterocycles. The topological polar surface area (TPSA) is 88.7 Å². The van der Waals surface area contributed by atoms with Crippen LogP contribution in [0.4, 0.5) is 0 Å². The number of ether oxygens (including phenoxy) is 1. The summed E-state index contributed by atoms with van der Waals surface area (Å²) in [7, 11) is 1.71. The average molecular weight is 428 g/mol. The minimum Gasteiger partial charge on any atom is -0.379 e. The molecule has 0 spiro atoms. The van der Waals surface area contributed by atoms with Gasteiger partial charge < -0.3 is 21.1 Å². The number of primary amides is 1. The van der Waals surface area contributed by atoms with Crippen LogP contribution in [0.15, 0.2) is 4.99 Å². The lowest BCUT2D eigenvalue weighted by Crippen LogP contribution is -2.46. The number of nitrogens with zero attached hydrogens (tertiary/aromatic N) is 1. The van der Waals surface area contributed by atoms with Crippen molar-refractivity contribution in [2.24, 2.45) is 21.6 Å². The molecule has 4 N–H and O–H groups in total. The summed E-state index contributed by atoms with van der Waals surface area (Å²) >= 11 is 0. The predicted octanol–water partition coefficient (Wildman–Crippen LogP) is 1.73. The highest BCUT2D eigenvalue weighted by atomic mass is 127. The first-order chi connectivity index (χ1) is 9.54. The largest absolute Gasteiger partial charge is 0.379 e. The van der Waals surface area contributed by atoms with Crippen LogP contribution in [0.2, 0.25) is 0 Å². The molecule has 22 heavy (non-hydrogen) atoms. The molecule has 0 fully saturated rings. The molecule has 0 saturated heterocycles. The summed E-state index contributed by atoms with van der Waals surface area (Å²) in [5, 5.41) is 6.41. The summed E-state index contributed by atoms with van der Waals surface area (Å²) in [6.07, 6.45) is 0.0607. The van der Waals surface area contributed by atoms with Crippen LogP contribution in [-0.4, -0.2) is 44.7 Å². The van der Waals surface area contributed by atoms with Gasteiger partial charge in [0.2, 0.25) is 5.91 Å². The number of guanidine groups is 1. The number of carbonyl (C=O) groups is 1. The standard InChI is InChI=1S/C15H32N4O2.HI/c1-8-17-13(19-10-15(5,6)12(16)20)18-9-11(21-7)14(2,3)4;/h11H,8-10H2,1-7H3,(H2,16,20)(H2,17,18,19);1H. The van der Waals surface area contributed by atoms with Crippen molar-refractivity contribution >= 4 is 35.8 Å². The highest BCUT2D eigenvalue weighted by Gasteiger charge is 2.26. The quantitative estimate of drug-likeness (QED) is 0.328. The lowest BCUT2D eigenvalue weighted by Gasteiger charge is -2.30. The van der Waals surface area contributed by atoms with Gasteiger partial charge in [0.15, 0.2) is 5.96 Å². The highest BCUT2D eigenvalue weighted by molar-refractivity contribution is 14.0. The van der Waals surface area contributed by atoms with Gasteiger partial charge in [-0.1, -0.05) is 20.8 Å². The summed E-state index contributed by atoms with van der Waals surface area (Å²) in [6, 6.07) is 0. The van der Waals surface area contributed by atoms with Gasteiger partial charge in [0.1, 0.15) is 0 Å². The number of methoxy groups -OCH3 is 1. The van der Waals surface area contributed by atoms with E-state index in [1.165, 1.54) is 0 Å². The Morgan fingerprint density at radius 2 is 1.77 bits per heavy atom. The van der Waals surface area contributed by atoms with E-state index in [1.54, 1.807) is 21.0 Å². The van der Waals surface area contributed by atoms with Gasteiger partial charge in [-0.15, -0.1) is 24.0 Å². The van der Waals surface area contributed by atoms with Gasteiger partial charge in [-0.05, 0) is 26.2 Å². The maximum atomic E-state index is 11.3. The van der Waals surface area contributed by atoms with Gasteiger partial charge in [0.25, 0.3) is 0 Å². The van der Waals surface area contributed by atoms with E-state index in [0.29, 0.717) is 19.0 Å². The Balaban J connectivity index is 0. The van der Waals surface area contributed by atoms with Gasteiger partial charge in [0.05, 0.1) is 18.1 Å². The number of aliphatic imine (C=N–C) groups is 1. The molecule has 7 heteroatoms. The second-order valence-corrected chi connectivity index (χ2v) is 6.91. The fourth-order valence-corrected chi connectivity index (χ4v) is 1.63. The molecule has 1 unspecified atom stereocenters. The molecule has 0 radical (unpaired) electrons. The van der Waals surface area contributed by atoms with Gasteiger partial charge in [0, 0.05) is 20.2 Å². The monoisotopic (exact) mass is 428 g/mol. The van der Waals surface area contributed by atoms with E-state index in [9.17, 15) is 4.79 Å². The molecule has 0 aromatic rings. The molecule has 132 valence electrons. The Hall–Kier alpha value is -0.570. The Morgan fingerprint density at radius 1 is 1.23 bits per heavy atom. The lowest BCUT2D eigenvalue weighted by atomic mass is 9.89. The van der Waals surface area contributed by atoms with Gasteiger partial charge >= 0.3 is 0 Å². The minimum absolute atomic E-state index is 0. The minimum atomic E-state index is -0.660. The molecule has 0 rings (SSSR count). The maximum absolute atomic E-state index is 11.3. The van der Waals surface area contributed by atoms with E-state index in [2.05, 4.69) is 36.4 Å². The molecule has 0 aliphatic heterocycles. The summed E-state index contributed by atoms with van der Waals surface area (Å²) in [5.41, 5.74) is 4.74. The molecule has 0 heterocycles. The Morgan fingerprint density at radius 3 is 2.14 bits per heavy atom. The van der Waals surface area contributed by atoms with E-state index in [-0.39, 0.29) is 41.4 Å². The molecule has 0 aliphatic rings. The third-order valence-electron chi connectivity index (χ3n) is 3.35. The number of nitrogens with two attached hydrogens (primary N) is 1. The zero-order chi connectivity index (χ0) is 16.7. The van der Waals surface area contributed by atoms with E-state index < -0.39 is 5.41 Å². The first kappa shape index (κ1) is 23.7. The number of amides is 1. The Kier molecular flexibility index (Phi) is 11.0. The van der Waals surface area contributed by atoms with Gasteiger partial charge in [-0.25, -0.2) is 0 Å². The summed E-state index contributed by atoms with van der Waals surface area (Å²) in [6.45, 7) is 13.7. The van der Waals surface area contributed by atoms with Crippen LogP contribution in [0.25, 0.3) is 0 Å². The van der Waals surface area contributed by atoms with Crippen LogP contribution in [0.5, 0.6) is 0 Å². The summed E-state index contributed by atoms with van der Waals surface area (Å²) in [5.74, 6) is 0.310.